The maximum absolute atomic E-state index is 5.72. The lowest BCUT2D eigenvalue weighted by molar-refractivity contribution is -0.686. The molecule has 0 bridgehead atoms. The van der Waals surface area contributed by atoms with Crippen molar-refractivity contribution in [2.75, 3.05) is 6.61 Å². The average molecular weight is 347 g/mol. The third-order valence-corrected chi connectivity index (χ3v) is 4.41. The maximum Gasteiger partial charge on any atom is 0.244 e. The Kier molecular flexibility index (Phi) is 3.89. The topological polar surface area (TPSA) is 18.0 Å². The van der Waals surface area contributed by atoms with Crippen LogP contribution in [-0.4, -0.2) is 11.2 Å². The number of fused-ring (bicyclic) bond motifs is 2. The fourth-order valence-corrected chi connectivity index (χ4v) is 3.43. The zero-order chi connectivity index (χ0) is 13.5. The minimum atomic E-state index is 0. The fourth-order valence-electron chi connectivity index (χ4n) is 3.43. The summed E-state index contributed by atoms with van der Waals surface area (Å²) in [5, 5.41) is 0. The molecular formula is C17H19BrN2O. The second-order valence-electron chi connectivity index (χ2n) is 5.66. The van der Waals surface area contributed by atoms with Gasteiger partial charge in [-0.1, -0.05) is 18.7 Å². The molecule has 1 aromatic carbocycles. The number of benzene rings is 1. The lowest BCUT2D eigenvalue weighted by Crippen LogP contribution is -3.00. The van der Waals surface area contributed by atoms with Gasteiger partial charge in [-0.15, -0.1) is 0 Å². The van der Waals surface area contributed by atoms with Gasteiger partial charge in [0, 0.05) is 12.0 Å². The van der Waals surface area contributed by atoms with Gasteiger partial charge in [-0.2, -0.15) is 0 Å². The fraction of sp³-hybridized carbons (Fsp3) is 0.353. The highest BCUT2D eigenvalue weighted by Gasteiger charge is 2.30. The van der Waals surface area contributed by atoms with Gasteiger partial charge in [0.2, 0.25) is 6.33 Å². The normalized spacial score (nSPS) is 18.6. The Morgan fingerprint density at radius 2 is 2.24 bits per heavy atom. The van der Waals surface area contributed by atoms with E-state index in [1.54, 1.807) is 0 Å². The summed E-state index contributed by atoms with van der Waals surface area (Å²) in [6, 6.07) is 5.08. The number of hydrogen-bond acceptors (Lipinski definition) is 1. The van der Waals surface area contributed by atoms with E-state index < -0.39 is 0 Å². The van der Waals surface area contributed by atoms with Crippen LogP contribution in [0.25, 0.3) is 0 Å². The van der Waals surface area contributed by atoms with Crippen molar-refractivity contribution >= 4 is 0 Å². The monoisotopic (exact) mass is 346 g/mol. The molecule has 1 aromatic heterocycles. The maximum atomic E-state index is 5.72. The van der Waals surface area contributed by atoms with Gasteiger partial charge in [0.1, 0.15) is 30.7 Å². The van der Waals surface area contributed by atoms with Gasteiger partial charge in [0.15, 0.2) is 0 Å². The molecule has 0 amide bonds. The third kappa shape index (κ3) is 2.42. The zero-order valence-electron chi connectivity index (χ0n) is 12.0. The van der Waals surface area contributed by atoms with Crippen LogP contribution in [0.5, 0.6) is 5.75 Å². The van der Waals surface area contributed by atoms with Crippen LogP contribution in [-0.2, 0) is 19.4 Å². The molecule has 2 aromatic rings. The van der Waals surface area contributed by atoms with Crippen molar-refractivity contribution in [2.45, 2.75) is 31.8 Å². The van der Waals surface area contributed by atoms with Crippen LogP contribution in [0.4, 0.5) is 0 Å². The Bertz CT molecular complexity index is 677. The Morgan fingerprint density at radius 1 is 1.33 bits per heavy atom. The Hall–Kier alpha value is -1.55. The summed E-state index contributed by atoms with van der Waals surface area (Å²) in [5.74, 6) is 1.10. The van der Waals surface area contributed by atoms with E-state index in [1.807, 2.05) is 6.08 Å². The van der Waals surface area contributed by atoms with E-state index in [-0.39, 0.29) is 17.0 Å². The van der Waals surface area contributed by atoms with Crippen LogP contribution >= 0.6 is 0 Å². The van der Waals surface area contributed by atoms with Crippen molar-refractivity contribution in [3.8, 4) is 5.75 Å². The largest absolute Gasteiger partial charge is 1.00 e. The Balaban J connectivity index is 0.00000132. The number of hydrogen-bond donors (Lipinski definition) is 0. The molecule has 3 nitrogen and oxygen atoms in total. The predicted octanol–water partition coefficient (Wildman–Crippen LogP) is -0.564. The van der Waals surface area contributed by atoms with Crippen LogP contribution in [0.15, 0.2) is 43.5 Å². The summed E-state index contributed by atoms with van der Waals surface area (Å²) in [5.41, 5.74) is 4.33. The van der Waals surface area contributed by atoms with Crippen LogP contribution < -0.4 is 26.3 Å². The van der Waals surface area contributed by atoms with Crippen molar-refractivity contribution in [2.24, 2.45) is 0 Å². The molecule has 2 aliphatic rings. The van der Waals surface area contributed by atoms with E-state index in [2.05, 4.69) is 46.6 Å². The van der Waals surface area contributed by atoms with E-state index in [0.717, 1.165) is 25.3 Å². The van der Waals surface area contributed by atoms with Crippen molar-refractivity contribution in [1.82, 2.24) is 4.57 Å². The molecule has 1 unspecified atom stereocenters. The molecule has 0 radical (unpaired) electrons. The first-order valence-corrected chi connectivity index (χ1v) is 7.31. The van der Waals surface area contributed by atoms with E-state index in [0.29, 0.717) is 6.04 Å². The van der Waals surface area contributed by atoms with Crippen LogP contribution in [0.1, 0.15) is 29.2 Å². The molecular weight excluding hydrogens is 328 g/mol. The number of nitrogens with zero attached hydrogens (tertiary/aromatic N) is 2. The van der Waals surface area contributed by atoms with E-state index in [4.69, 9.17) is 4.74 Å². The highest BCUT2D eigenvalue weighted by molar-refractivity contribution is 5.48. The summed E-state index contributed by atoms with van der Waals surface area (Å²) in [6.45, 7) is 5.49. The molecule has 1 aliphatic carbocycles. The van der Waals surface area contributed by atoms with Gasteiger partial charge in [-0.25, -0.2) is 9.13 Å². The van der Waals surface area contributed by atoms with Gasteiger partial charge in [0.25, 0.3) is 0 Å². The van der Waals surface area contributed by atoms with Crippen molar-refractivity contribution < 1.29 is 26.3 Å². The molecule has 110 valence electrons. The number of aryl methyl sites for hydroxylation is 1. The Labute approximate surface area is 135 Å². The molecule has 21 heavy (non-hydrogen) atoms. The molecule has 0 N–H and O–H groups in total. The van der Waals surface area contributed by atoms with Gasteiger partial charge >= 0.3 is 0 Å². The summed E-state index contributed by atoms with van der Waals surface area (Å²) < 4.78 is 10.2. The summed E-state index contributed by atoms with van der Waals surface area (Å²) >= 11 is 0. The molecule has 4 heteroatoms. The first kappa shape index (κ1) is 14.4. The molecule has 0 spiro atoms. The third-order valence-electron chi connectivity index (χ3n) is 4.41. The highest BCUT2D eigenvalue weighted by Crippen LogP contribution is 2.39. The number of aromatic nitrogens is 2. The predicted molar refractivity (Wildman–Crippen MR) is 76.9 cm³/mol. The van der Waals surface area contributed by atoms with Crippen molar-refractivity contribution in [1.29, 1.82) is 0 Å². The van der Waals surface area contributed by atoms with Crippen LogP contribution in [0, 0.1) is 0 Å². The number of imidazole rings is 1. The summed E-state index contributed by atoms with van der Waals surface area (Å²) in [4.78, 5) is 0. The summed E-state index contributed by atoms with van der Waals surface area (Å²) in [7, 11) is 0. The molecule has 2 heterocycles. The zero-order valence-corrected chi connectivity index (χ0v) is 13.6. The smallest absolute Gasteiger partial charge is 0.244 e. The van der Waals surface area contributed by atoms with Gasteiger partial charge in [0.05, 0.1) is 6.61 Å². The summed E-state index contributed by atoms with van der Waals surface area (Å²) in [6.07, 6.45) is 11.8. The quantitative estimate of drug-likeness (QED) is 0.538. The van der Waals surface area contributed by atoms with Crippen LogP contribution in [0.2, 0.25) is 0 Å². The molecule has 0 fully saturated rings. The van der Waals surface area contributed by atoms with Gasteiger partial charge < -0.3 is 21.7 Å². The van der Waals surface area contributed by atoms with Crippen LogP contribution in [0.3, 0.4) is 0 Å². The Morgan fingerprint density at radius 3 is 3.10 bits per heavy atom. The lowest BCUT2D eigenvalue weighted by Gasteiger charge is -2.09. The second-order valence-corrected chi connectivity index (χ2v) is 5.66. The average Bonchev–Trinajstić information content (AvgIpc) is 3.14. The van der Waals surface area contributed by atoms with E-state index in [1.165, 1.54) is 29.5 Å². The number of halogens is 1. The first-order valence-electron chi connectivity index (χ1n) is 7.31. The number of allylic oxidation sites excluding steroid dienone is 1. The standard InChI is InChI=1S/C17H19N2O.BrH/c1-2-6-18-7-8-19(12-18)16-4-3-13-10-14-5-9-20-17(14)11-15(13)16;/h2,7-8,10-12,16H,1,3-6,9H2;1H/q+1;/p-1. The molecule has 1 aliphatic heterocycles. The minimum absolute atomic E-state index is 0. The molecule has 4 rings (SSSR count). The number of rotatable bonds is 3. The first-order chi connectivity index (χ1) is 9.85. The van der Waals surface area contributed by atoms with E-state index >= 15 is 0 Å². The molecule has 1 atom stereocenters. The van der Waals surface area contributed by atoms with Crippen molar-refractivity contribution in [3.05, 3.63) is 60.2 Å². The SMILES string of the molecule is C=CC[n+]1ccn(C2CCc3cc4c(cc32)OCC4)c1.[Br-]. The van der Waals surface area contributed by atoms with Gasteiger partial charge in [-0.3, -0.25) is 0 Å². The molecule has 0 saturated heterocycles. The number of ether oxygens (including phenoxy) is 1. The highest BCUT2D eigenvalue weighted by atomic mass is 79.9. The molecule has 0 saturated carbocycles. The lowest BCUT2D eigenvalue weighted by atomic mass is 10.0. The second kappa shape index (κ2) is 5.68. The van der Waals surface area contributed by atoms with E-state index in [9.17, 15) is 0 Å². The van der Waals surface area contributed by atoms with Gasteiger partial charge in [-0.05, 0) is 30.0 Å². The van der Waals surface area contributed by atoms with Crippen molar-refractivity contribution in [3.63, 3.8) is 0 Å². The minimum Gasteiger partial charge on any atom is -1.00 e.